The van der Waals surface area contributed by atoms with Crippen LogP contribution in [0.15, 0.2) is 84.9 Å². The van der Waals surface area contributed by atoms with Gasteiger partial charge in [0.2, 0.25) is 0 Å². The molecule has 0 spiro atoms. The summed E-state index contributed by atoms with van der Waals surface area (Å²) in [5.74, 6) is -5.12. The Bertz CT molecular complexity index is 1170. The molecule has 0 atom stereocenters. The fourth-order valence-corrected chi connectivity index (χ4v) is 3.70. The summed E-state index contributed by atoms with van der Waals surface area (Å²) in [4.78, 5) is 13.4. The highest BCUT2D eigenvalue weighted by Crippen LogP contribution is 2.27. The summed E-state index contributed by atoms with van der Waals surface area (Å²) in [6.07, 6.45) is -0.0492. The van der Waals surface area contributed by atoms with Gasteiger partial charge in [-0.2, -0.15) is 0 Å². The van der Waals surface area contributed by atoms with Crippen LogP contribution in [0.25, 0.3) is 0 Å². The lowest BCUT2D eigenvalue weighted by Gasteiger charge is -2.15. The van der Waals surface area contributed by atoms with Crippen molar-refractivity contribution >= 4 is 5.78 Å². The zero-order valence-electron chi connectivity index (χ0n) is 16.9. The minimum absolute atomic E-state index is 0.0246. The van der Waals surface area contributed by atoms with E-state index in [2.05, 4.69) is 0 Å². The number of carbonyl (C=O) groups is 1. The predicted molar refractivity (Wildman–Crippen MR) is 115 cm³/mol. The van der Waals surface area contributed by atoms with Crippen LogP contribution in [0.1, 0.15) is 38.2 Å². The van der Waals surface area contributed by atoms with Crippen LogP contribution in [0.4, 0.5) is 17.6 Å². The highest BCUT2D eigenvalue weighted by atomic mass is 19.2. The normalized spacial score (nSPS) is 10.9. The van der Waals surface area contributed by atoms with Gasteiger partial charge in [-0.3, -0.25) is 4.79 Å². The van der Waals surface area contributed by atoms with E-state index in [0.717, 1.165) is 12.1 Å². The highest BCUT2D eigenvalue weighted by molar-refractivity contribution is 6.11. The van der Waals surface area contributed by atoms with E-state index in [1.807, 2.05) is 0 Å². The molecule has 5 heteroatoms. The van der Waals surface area contributed by atoms with E-state index in [-0.39, 0.29) is 35.1 Å². The third-order valence-electron chi connectivity index (χ3n) is 5.33. The Morgan fingerprint density at radius 2 is 0.906 bits per heavy atom. The first kappa shape index (κ1) is 21.5. The van der Waals surface area contributed by atoms with Crippen molar-refractivity contribution in [3.63, 3.8) is 0 Å². The van der Waals surface area contributed by atoms with Gasteiger partial charge in [0, 0.05) is 35.1 Å². The van der Waals surface area contributed by atoms with Crippen molar-refractivity contribution in [2.75, 3.05) is 0 Å². The third-order valence-corrected chi connectivity index (χ3v) is 5.33. The molecule has 0 amide bonds. The molecule has 0 bridgehead atoms. The van der Waals surface area contributed by atoms with E-state index < -0.39 is 29.1 Å². The Kier molecular flexibility index (Phi) is 6.17. The molecule has 0 fully saturated rings. The van der Waals surface area contributed by atoms with Crippen LogP contribution in [0.2, 0.25) is 0 Å². The molecule has 4 rings (SSSR count). The SMILES string of the molecule is O=C(c1ccc(F)c(F)c1Cc1ccccc1)c1ccc(F)c(F)c1Cc1ccccc1. The summed E-state index contributed by atoms with van der Waals surface area (Å²) < 4.78 is 57.5. The first-order chi connectivity index (χ1) is 15.5. The van der Waals surface area contributed by atoms with Crippen molar-refractivity contribution in [2.24, 2.45) is 0 Å². The summed E-state index contributed by atoms with van der Waals surface area (Å²) in [6, 6.07) is 21.6. The third kappa shape index (κ3) is 4.33. The predicted octanol–water partition coefficient (Wildman–Crippen LogP) is 6.66. The topological polar surface area (TPSA) is 17.1 Å². The second-order valence-electron chi connectivity index (χ2n) is 7.43. The summed E-state index contributed by atoms with van der Waals surface area (Å²) >= 11 is 0. The zero-order valence-corrected chi connectivity index (χ0v) is 16.9. The molecule has 4 aromatic carbocycles. The van der Waals surface area contributed by atoms with Crippen molar-refractivity contribution < 1.29 is 22.4 Å². The van der Waals surface area contributed by atoms with Crippen LogP contribution >= 0.6 is 0 Å². The molecule has 0 aliphatic heterocycles. The zero-order chi connectivity index (χ0) is 22.7. The minimum atomic E-state index is -1.13. The Balaban J connectivity index is 1.82. The fraction of sp³-hybridized carbons (Fsp3) is 0.0741. The molecule has 0 heterocycles. The van der Waals surface area contributed by atoms with E-state index in [4.69, 9.17) is 0 Å². The van der Waals surface area contributed by atoms with Crippen LogP contribution in [-0.4, -0.2) is 5.78 Å². The van der Waals surface area contributed by atoms with Gasteiger partial charge in [0.25, 0.3) is 0 Å². The first-order valence-corrected chi connectivity index (χ1v) is 10.0. The Morgan fingerprint density at radius 3 is 1.28 bits per heavy atom. The van der Waals surface area contributed by atoms with E-state index >= 15 is 0 Å². The Labute approximate surface area is 183 Å². The van der Waals surface area contributed by atoms with E-state index in [0.29, 0.717) is 11.1 Å². The number of carbonyl (C=O) groups excluding carboxylic acids is 1. The van der Waals surface area contributed by atoms with Crippen LogP contribution < -0.4 is 0 Å². The molecule has 0 aliphatic carbocycles. The minimum Gasteiger partial charge on any atom is -0.289 e. The van der Waals surface area contributed by atoms with Gasteiger partial charge < -0.3 is 0 Å². The van der Waals surface area contributed by atoms with Crippen molar-refractivity contribution in [2.45, 2.75) is 12.8 Å². The number of ketones is 1. The molecular formula is C27H18F4O. The Hall–Kier alpha value is -3.73. The van der Waals surface area contributed by atoms with E-state index in [9.17, 15) is 22.4 Å². The quantitative estimate of drug-likeness (QED) is 0.245. The Morgan fingerprint density at radius 1 is 0.531 bits per heavy atom. The maximum atomic E-state index is 14.8. The number of benzene rings is 4. The molecule has 1 nitrogen and oxygen atoms in total. The van der Waals surface area contributed by atoms with Gasteiger partial charge in [-0.15, -0.1) is 0 Å². The van der Waals surface area contributed by atoms with Crippen LogP contribution in [0.5, 0.6) is 0 Å². The van der Waals surface area contributed by atoms with Crippen molar-refractivity contribution in [1.82, 2.24) is 0 Å². The maximum absolute atomic E-state index is 14.8. The molecule has 0 unspecified atom stereocenters. The van der Waals surface area contributed by atoms with Crippen LogP contribution in [0, 0.1) is 23.3 Å². The van der Waals surface area contributed by atoms with Crippen LogP contribution in [0.3, 0.4) is 0 Å². The van der Waals surface area contributed by atoms with Gasteiger partial charge in [-0.1, -0.05) is 60.7 Å². The molecule has 0 radical (unpaired) electrons. The first-order valence-electron chi connectivity index (χ1n) is 10.0. The van der Waals surface area contributed by atoms with Gasteiger partial charge in [0.15, 0.2) is 29.1 Å². The molecule has 4 aromatic rings. The van der Waals surface area contributed by atoms with Gasteiger partial charge in [0.05, 0.1) is 0 Å². The standard InChI is InChI=1S/C27H18F4O/c28-23-13-11-19(21(25(23)30)15-17-7-3-1-4-8-17)27(32)20-12-14-24(29)26(31)22(20)16-18-9-5-2-6-10-18/h1-14H,15-16H2. The molecule has 160 valence electrons. The number of hydrogen-bond acceptors (Lipinski definition) is 1. The molecule has 0 aliphatic rings. The lowest BCUT2D eigenvalue weighted by atomic mass is 9.89. The maximum Gasteiger partial charge on any atom is 0.193 e. The molecule has 32 heavy (non-hydrogen) atoms. The average molecular weight is 434 g/mol. The summed E-state index contributed by atoms with van der Waals surface area (Å²) in [5.41, 5.74) is 0.927. The van der Waals surface area contributed by atoms with Crippen molar-refractivity contribution in [3.05, 3.63) is 142 Å². The molecule has 0 N–H and O–H groups in total. The van der Waals surface area contributed by atoms with Gasteiger partial charge in [-0.25, -0.2) is 17.6 Å². The molecule has 0 aromatic heterocycles. The number of halogens is 4. The average Bonchev–Trinajstić information content (AvgIpc) is 2.81. The van der Waals surface area contributed by atoms with E-state index in [1.165, 1.54) is 12.1 Å². The molecular weight excluding hydrogens is 416 g/mol. The lowest BCUT2D eigenvalue weighted by Crippen LogP contribution is -2.13. The largest absolute Gasteiger partial charge is 0.289 e. The second-order valence-corrected chi connectivity index (χ2v) is 7.43. The number of hydrogen-bond donors (Lipinski definition) is 0. The van der Waals surface area contributed by atoms with Gasteiger partial charge in [-0.05, 0) is 35.4 Å². The lowest BCUT2D eigenvalue weighted by molar-refractivity contribution is 0.103. The highest BCUT2D eigenvalue weighted by Gasteiger charge is 2.24. The fourth-order valence-electron chi connectivity index (χ4n) is 3.70. The summed E-state index contributed by atoms with van der Waals surface area (Å²) in [7, 11) is 0. The van der Waals surface area contributed by atoms with Gasteiger partial charge >= 0.3 is 0 Å². The smallest absolute Gasteiger partial charge is 0.193 e. The summed E-state index contributed by atoms with van der Waals surface area (Å²) in [5, 5.41) is 0. The van der Waals surface area contributed by atoms with Crippen LogP contribution in [-0.2, 0) is 12.8 Å². The second kappa shape index (κ2) is 9.18. The monoisotopic (exact) mass is 434 g/mol. The molecule has 0 saturated heterocycles. The van der Waals surface area contributed by atoms with E-state index in [1.54, 1.807) is 60.7 Å². The van der Waals surface area contributed by atoms with Crippen molar-refractivity contribution in [1.29, 1.82) is 0 Å². The molecule has 0 saturated carbocycles. The van der Waals surface area contributed by atoms with Crippen molar-refractivity contribution in [3.8, 4) is 0 Å². The number of rotatable bonds is 6. The van der Waals surface area contributed by atoms with Gasteiger partial charge in [0.1, 0.15) is 0 Å². The summed E-state index contributed by atoms with van der Waals surface area (Å²) in [6.45, 7) is 0.